The number of nitrogen functional groups attached to an aromatic ring is 2. The van der Waals surface area contributed by atoms with Crippen LogP contribution in [0.5, 0.6) is 0 Å². The maximum atomic E-state index is 5.30. The maximum absolute atomic E-state index is 5.30. The molecule has 0 amide bonds. The van der Waals surface area contributed by atoms with Crippen LogP contribution in [0.2, 0.25) is 0 Å². The summed E-state index contributed by atoms with van der Waals surface area (Å²) in [6.45, 7) is 5.97. The molecule has 1 rings (SSSR count). The average molecular weight is 240 g/mol. The van der Waals surface area contributed by atoms with Crippen molar-refractivity contribution in [1.29, 1.82) is 0 Å². The van der Waals surface area contributed by atoms with Crippen LogP contribution in [0.1, 0.15) is 26.7 Å². The highest BCUT2D eigenvalue weighted by molar-refractivity contribution is 5.42. The van der Waals surface area contributed by atoms with Gasteiger partial charge in [-0.1, -0.05) is 13.8 Å². The van der Waals surface area contributed by atoms with Crippen molar-refractivity contribution in [2.24, 2.45) is 11.7 Å². The Morgan fingerprint density at radius 2 is 1.41 bits per heavy atom. The molecule has 1 heterocycles. The highest BCUT2D eigenvalue weighted by Gasteiger charge is 2.11. The van der Waals surface area contributed by atoms with Gasteiger partial charge >= 0.3 is 0 Å². The summed E-state index contributed by atoms with van der Waals surface area (Å²) in [6, 6.07) is 0. The summed E-state index contributed by atoms with van der Waals surface area (Å²) in [4.78, 5) is 14.4. The van der Waals surface area contributed by atoms with E-state index in [1.54, 1.807) is 0 Å². The van der Waals surface area contributed by atoms with Gasteiger partial charge in [0, 0.05) is 13.1 Å². The molecule has 0 aromatic carbocycles. The normalized spacial score (nSPS) is 10.1. The van der Waals surface area contributed by atoms with Crippen LogP contribution in [0.25, 0.3) is 0 Å². The van der Waals surface area contributed by atoms with Gasteiger partial charge in [0.1, 0.15) is 0 Å². The molecule has 1 aromatic rings. The Hall–Kier alpha value is -1.67. The van der Waals surface area contributed by atoms with Gasteiger partial charge in [-0.2, -0.15) is 15.0 Å². The number of anilines is 3. The Labute approximate surface area is 101 Å². The van der Waals surface area contributed by atoms with Crippen molar-refractivity contribution < 1.29 is 0 Å². The fourth-order valence-electron chi connectivity index (χ4n) is 1.49. The number of aromatic nitrogens is 3. The van der Waals surface area contributed by atoms with Crippen LogP contribution in [0.4, 0.5) is 17.8 Å². The number of hydrogen-bond donors (Lipinski definition) is 4. The van der Waals surface area contributed by atoms with Crippen molar-refractivity contribution in [2.45, 2.75) is 26.7 Å². The van der Waals surface area contributed by atoms with Gasteiger partial charge in [-0.15, -0.1) is 0 Å². The van der Waals surface area contributed by atoms with E-state index in [0.717, 1.165) is 25.9 Å². The molecule has 0 atom stereocenters. The Balaban J connectivity index is 2.99. The van der Waals surface area contributed by atoms with Crippen molar-refractivity contribution in [2.75, 3.05) is 28.8 Å². The number of nitrogens with zero attached hydrogens (tertiary/aromatic N) is 4. The SMILES string of the molecule is CCCN(CCC)c1nc(NN)nc(NN)n1. The van der Waals surface area contributed by atoms with Gasteiger partial charge in [0.25, 0.3) is 0 Å². The molecule has 0 aliphatic carbocycles. The molecule has 0 saturated carbocycles. The number of hydrogen-bond acceptors (Lipinski definition) is 8. The molecule has 8 nitrogen and oxygen atoms in total. The third-order valence-corrected chi connectivity index (χ3v) is 2.15. The zero-order chi connectivity index (χ0) is 12.7. The fourth-order valence-corrected chi connectivity index (χ4v) is 1.49. The topological polar surface area (TPSA) is 118 Å². The molecule has 0 saturated heterocycles. The van der Waals surface area contributed by atoms with E-state index in [0.29, 0.717) is 17.8 Å². The summed E-state index contributed by atoms with van der Waals surface area (Å²) < 4.78 is 0. The molecule has 0 aliphatic heterocycles. The van der Waals surface area contributed by atoms with Gasteiger partial charge < -0.3 is 4.90 Å². The molecule has 0 unspecified atom stereocenters. The number of nitrogens with one attached hydrogen (secondary N) is 2. The highest BCUT2D eigenvalue weighted by Crippen LogP contribution is 2.13. The van der Waals surface area contributed by atoms with Crippen LogP contribution in [-0.2, 0) is 0 Å². The van der Waals surface area contributed by atoms with Crippen molar-refractivity contribution in [3.05, 3.63) is 0 Å². The minimum absolute atomic E-state index is 0.292. The summed E-state index contributed by atoms with van der Waals surface area (Å²) in [7, 11) is 0. The lowest BCUT2D eigenvalue weighted by Crippen LogP contribution is -2.28. The molecular formula is C9H20N8. The Kier molecular flexibility index (Phi) is 5.37. The standard InChI is InChI=1S/C9H20N8/c1-3-5-17(6-4-2)9-13-7(15-10)12-8(14-9)16-11/h3-6,10-11H2,1-2H3,(H2,12,13,14,15,16). The molecule has 1 aromatic heterocycles. The third kappa shape index (κ3) is 3.68. The van der Waals surface area contributed by atoms with E-state index in [1.165, 1.54) is 0 Å². The van der Waals surface area contributed by atoms with Crippen LogP contribution in [-0.4, -0.2) is 28.0 Å². The van der Waals surface area contributed by atoms with E-state index in [-0.39, 0.29) is 0 Å². The van der Waals surface area contributed by atoms with Crippen molar-refractivity contribution in [3.63, 3.8) is 0 Å². The summed E-state index contributed by atoms with van der Waals surface area (Å²) >= 11 is 0. The molecule has 0 spiro atoms. The number of hydrazine groups is 2. The smallest absolute Gasteiger partial charge is 0.243 e. The number of nitrogens with two attached hydrogens (primary N) is 2. The fraction of sp³-hybridized carbons (Fsp3) is 0.667. The lowest BCUT2D eigenvalue weighted by Gasteiger charge is -2.21. The van der Waals surface area contributed by atoms with Crippen LogP contribution in [0, 0.1) is 0 Å². The minimum Gasteiger partial charge on any atom is -0.341 e. The summed E-state index contributed by atoms with van der Waals surface area (Å²) in [5.74, 6) is 11.8. The lowest BCUT2D eigenvalue weighted by atomic mass is 10.4. The molecule has 0 aliphatic rings. The van der Waals surface area contributed by atoms with Crippen molar-refractivity contribution >= 4 is 17.8 Å². The van der Waals surface area contributed by atoms with Gasteiger partial charge in [0.05, 0.1) is 0 Å². The molecule has 6 N–H and O–H groups in total. The van der Waals surface area contributed by atoms with Crippen LogP contribution < -0.4 is 27.4 Å². The second-order valence-corrected chi connectivity index (χ2v) is 3.56. The van der Waals surface area contributed by atoms with Crippen LogP contribution >= 0.6 is 0 Å². The molecular weight excluding hydrogens is 220 g/mol. The average Bonchev–Trinajstić information content (AvgIpc) is 2.37. The first-order valence-electron chi connectivity index (χ1n) is 5.69. The molecule has 96 valence electrons. The Bertz CT molecular complexity index is 314. The first-order valence-corrected chi connectivity index (χ1v) is 5.69. The van der Waals surface area contributed by atoms with E-state index < -0.39 is 0 Å². The molecule has 0 radical (unpaired) electrons. The largest absolute Gasteiger partial charge is 0.341 e. The molecule has 8 heteroatoms. The third-order valence-electron chi connectivity index (χ3n) is 2.15. The second-order valence-electron chi connectivity index (χ2n) is 3.56. The minimum atomic E-state index is 0.292. The molecule has 0 bridgehead atoms. The Morgan fingerprint density at radius 1 is 0.941 bits per heavy atom. The number of rotatable bonds is 7. The summed E-state index contributed by atoms with van der Waals surface area (Å²) in [5.41, 5.74) is 4.79. The maximum Gasteiger partial charge on any atom is 0.243 e. The first-order chi connectivity index (χ1) is 8.24. The van der Waals surface area contributed by atoms with E-state index >= 15 is 0 Å². The highest BCUT2D eigenvalue weighted by atomic mass is 15.4. The quantitative estimate of drug-likeness (QED) is 0.390. The first kappa shape index (κ1) is 13.4. The van der Waals surface area contributed by atoms with Crippen LogP contribution in [0.3, 0.4) is 0 Å². The van der Waals surface area contributed by atoms with Gasteiger partial charge in [0.2, 0.25) is 17.8 Å². The summed E-state index contributed by atoms with van der Waals surface area (Å²) in [6.07, 6.45) is 2.03. The lowest BCUT2D eigenvalue weighted by molar-refractivity contribution is 0.718. The predicted octanol–water partition coefficient (Wildman–Crippen LogP) is 0.0692. The zero-order valence-electron chi connectivity index (χ0n) is 10.3. The van der Waals surface area contributed by atoms with Crippen LogP contribution in [0.15, 0.2) is 0 Å². The molecule has 0 fully saturated rings. The van der Waals surface area contributed by atoms with Gasteiger partial charge in [0.15, 0.2) is 0 Å². The second kappa shape index (κ2) is 6.81. The predicted molar refractivity (Wildman–Crippen MR) is 68.2 cm³/mol. The van der Waals surface area contributed by atoms with Crippen molar-refractivity contribution in [1.82, 2.24) is 15.0 Å². The van der Waals surface area contributed by atoms with E-state index in [4.69, 9.17) is 11.7 Å². The van der Waals surface area contributed by atoms with E-state index in [9.17, 15) is 0 Å². The zero-order valence-corrected chi connectivity index (χ0v) is 10.3. The molecule has 17 heavy (non-hydrogen) atoms. The Morgan fingerprint density at radius 3 is 1.76 bits per heavy atom. The van der Waals surface area contributed by atoms with Crippen molar-refractivity contribution in [3.8, 4) is 0 Å². The van der Waals surface area contributed by atoms with E-state index in [1.807, 2.05) is 0 Å². The van der Waals surface area contributed by atoms with Gasteiger partial charge in [-0.25, -0.2) is 11.7 Å². The summed E-state index contributed by atoms with van der Waals surface area (Å²) in [5, 5.41) is 0. The van der Waals surface area contributed by atoms with Gasteiger partial charge in [-0.3, -0.25) is 10.9 Å². The van der Waals surface area contributed by atoms with Gasteiger partial charge in [-0.05, 0) is 12.8 Å². The monoisotopic (exact) mass is 240 g/mol. The van der Waals surface area contributed by atoms with E-state index in [2.05, 4.69) is 44.6 Å².